The SMILES string of the molecule is CCCC(C)C.Cn1ccc2cnc(Nc3cnn(CCC(=O)O)c3)nc21. The Morgan fingerprint density at radius 1 is 1.33 bits per heavy atom. The smallest absolute Gasteiger partial charge is 0.305 e. The number of hydrogen-bond donors (Lipinski definition) is 2. The van der Waals surface area contributed by atoms with Gasteiger partial charge in [0.2, 0.25) is 5.95 Å². The third-order valence-electron chi connectivity index (χ3n) is 3.92. The molecule has 0 radical (unpaired) electrons. The van der Waals surface area contributed by atoms with Crippen LogP contribution in [0.1, 0.15) is 40.0 Å². The van der Waals surface area contributed by atoms with Gasteiger partial charge in [-0.15, -0.1) is 0 Å². The Bertz CT molecular complexity index is 868. The van der Waals surface area contributed by atoms with Gasteiger partial charge in [-0.1, -0.05) is 33.6 Å². The Kier molecular flexibility index (Phi) is 7.34. The van der Waals surface area contributed by atoms with Crippen molar-refractivity contribution in [1.82, 2.24) is 24.3 Å². The zero-order chi connectivity index (χ0) is 19.8. The van der Waals surface area contributed by atoms with Crippen LogP contribution in [0.15, 0.2) is 30.9 Å². The summed E-state index contributed by atoms with van der Waals surface area (Å²) >= 11 is 0. The van der Waals surface area contributed by atoms with E-state index in [9.17, 15) is 4.79 Å². The number of carbonyl (C=O) groups is 1. The van der Waals surface area contributed by atoms with Crippen molar-refractivity contribution in [2.24, 2.45) is 13.0 Å². The van der Waals surface area contributed by atoms with Crippen LogP contribution >= 0.6 is 0 Å². The Morgan fingerprint density at radius 3 is 2.74 bits per heavy atom. The van der Waals surface area contributed by atoms with Crippen molar-refractivity contribution in [3.63, 3.8) is 0 Å². The van der Waals surface area contributed by atoms with Gasteiger partial charge in [0.1, 0.15) is 5.65 Å². The van der Waals surface area contributed by atoms with E-state index in [-0.39, 0.29) is 6.42 Å². The summed E-state index contributed by atoms with van der Waals surface area (Å²) in [5.41, 5.74) is 1.56. The molecule has 0 atom stereocenters. The summed E-state index contributed by atoms with van der Waals surface area (Å²) in [7, 11) is 1.92. The van der Waals surface area contributed by atoms with Gasteiger partial charge >= 0.3 is 5.97 Å². The Labute approximate surface area is 159 Å². The van der Waals surface area contributed by atoms with E-state index >= 15 is 0 Å². The highest BCUT2D eigenvalue weighted by atomic mass is 16.4. The number of carboxylic acids is 1. The maximum absolute atomic E-state index is 10.5. The standard InChI is InChI=1S/C13H14N6O2.C6H14/c1-18-4-2-9-6-14-13(17-12(9)18)16-10-7-15-19(8-10)5-3-11(20)21;1-4-5-6(2)3/h2,4,6-8H,3,5H2,1H3,(H,20,21)(H,14,16,17);6H,4-5H2,1-3H3. The molecule has 0 aromatic carbocycles. The molecule has 2 N–H and O–H groups in total. The normalized spacial score (nSPS) is 10.7. The molecular weight excluding hydrogens is 344 g/mol. The van der Waals surface area contributed by atoms with Gasteiger partial charge in [0, 0.05) is 31.0 Å². The zero-order valence-corrected chi connectivity index (χ0v) is 16.4. The first kappa shape index (κ1) is 20.4. The van der Waals surface area contributed by atoms with Gasteiger partial charge in [0.15, 0.2) is 0 Å². The van der Waals surface area contributed by atoms with Gasteiger partial charge in [-0.2, -0.15) is 10.1 Å². The first-order valence-corrected chi connectivity index (χ1v) is 9.18. The zero-order valence-electron chi connectivity index (χ0n) is 16.4. The lowest BCUT2D eigenvalue weighted by molar-refractivity contribution is -0.137. The number of aryl methyl sites for hydroxylation is 2. The third kappa shape index (κ3) is 6.40. The Hall–Kier alpha value is -2.90. The molecule has 0 bridgehead atoms. The molecule has 0 aliphatic carbocycles. The van der Waals surface area contributed by atoms with Crippen LogP contribution in [-0.2, 0) is 18.4 Å². The average molecular weight is 372 g/mol. The van der Waals surface area contributed by atoms with Gasteiger partial charge in [0.05, 0.1) is 24.8 Å². The lowest BCUT2D eigenvalue weighted by Crippen LogP contribution is -2.04. The second kappa shape index (κ2) is 9.70. The molecule has 0 aliphatic rings. The lowest BCUT2D eigenvalue weighted by Gasteiger charge is -2.02. The van der Waals surface area contributed by atoms with E-state index in [1.165, 1.54) is 12.8 Å². The van der Waals surface area contributed by atoms with Crippen LogP contribution in [0.4, 0.5) is 11.6 Å². The monoisotopic (exact) mass is 372 g/mol. The lowest BCUT2D eigenvalue weighted by atomic mass is 10.1. The van der Waals surface area contributed by atoms with Crippen molar-refractivity contribution < 1.29 is 9.90 Å². The fourth-order valence-corrected chi connectivity index (χ4v) is 2.57. The van der Waals surface area contributed by atoms with Crippen LogP contribution in [0.3, 0.4) is 0 Å². The van der Waals surface area contributed by atoms with Crippen molar-refractivity contribution in [1.29, 1.82) is 0 Å². The maximum atomic E-state index is 10.5. The molecule has 0 saturated heterocycles. The van der Waals surface area contributed by atoms with Crippen molar-refractivity contribution in [3.05, 3.63) is 30.9 Å². The topological polar surface area (TPSA) is 97.9 Å². The minimum atomic E-state index is -0.850. The third-order valence-corrected chi connectivity index (χ3v) is 3.92. The van der Waals surface area contributed by atoms with Crippen LogP contribution in [0.25, 0.3) is 11.0 Å². The number of carboxylic acid groups (broad SMARTS) is 1. The fourth-order valence-electron chi connectivity index (χ4n) is 2.57. The van der Waals surface area contributed by atoms with Crippen LogP contribution in [0.5, 0.6) is 0 Å². The van der Waals surface area contributed by atoms with E-state index in [1.54, 1.807) is 23.3 Å². The number of anilines is 2. The summed E-state index contributed by atoms with van der Waals surface area (Å²) in [5.74, 6) is 0.523. The summed E-state index contributed by atoms with van der Waals surface area (Å²) in [6.45, 7) is 7.06. The number of fused-ring (bicyclic) bond motifs is 1. The van der Waals surface area contributed by atoms with Crippen LogP contribution in [0.2, 0.25) is 0 Å². The van der Waals surface area contributed by atoms with Crippen LogP contribution in [-0.4, -0.2) is 35.4 Å². The van der Waals surface area contributed by atoms with Crippen molar-refractivity contribution in [3.8, 4) is 0 Å². The number of nitrogens with one attached hydrogen (secondary N) is 1. The summed E-state index contributed by atoms with van der Waals surface area (Å²) in [6.07, 6.45) is 9.75. The van der Waals surface area contributed by atoms with E-state index in [4.69, 9.17) is 5.11 Å². The molecule has 0 unspecified atom stereocenters. The molecule has 3 aromatic heterocycles. The average Bonchev–Trinajstić information content (AvgIpc) is 3.21. The molecule has 8 heteroatoms. The Balaban J connectivity index is 0.000000380. The van der Waals surface area contributed by atoms with Crippen molar-refractivity contribution in [2.45, 2.75) is 46.6 Å². The predicted molar refractivity (Wildman–Crippen MR) is 106 cm³/mol. The van der Waals surface area contributed by atoms with Crippen molar-refractivity contribution in [2.75, 3.05) is 5.32 Å². The van der Waals surface area contributed by atoms with E-state index in [0.29, 0.717) is 18.2 Å². The number of hydrogen-bond acceptors (Lipinski definition) is 5. The largest absolute Gasteiger partial charge is 0.481 e. The minimum absolute atomic E-state index is 0.0347. The number of aliphatic carboxylic acids is 1. The molecule has 3 aromatic rings. The quantitative estimate of drug-likeness (QED) is 0.654. The fraction of sp³-hybridized carbons (Fsp3) is 0.474. The summed E-state index contributed by atoms with van der Waals surface area (Å²) in [4.78, 5) is 19.2. The molecule has 0 saturated carbocycles. The molecule has 0 amide bonds. The molecule has 27 heavy (non-hydrogen) atoms. The van der Waals surface area contributed by atoms with Gasteiger partial charge in [-0.25, -0.2) is 4.98 Å². The van der Waals surface area contributed by atoms with E-state index in [0.717, 1.165) is 17.0 Å². The first-order chi connectivity index (χ1) is 12.9. The number of rotatable bonds is 7. The van der Waals surface area contributed by atoms with Crippen LogP contribution in [0, 0.1) is 5.92 Å². The minimum Gasteiger partial charge on any atom is -0.481 e. The number of aromatic nitrogens is 5. The second-order valence-corrected chi connectivity index (χ2v) is 6.84. The Morgan fingerprint density at radius 2 is 2.11 bits per heavy atom. The summed E-state index contributed by atoms with van der Waals surface area (Å²) in [5, 5.41) is 16.8. The van der Waals surface area contributed by atoms with E-state index in [2.05, 4.69) is 41.2 Å². The van der Waals surface area contributed by atoms with E-state index < -0.39 is 5.97 Å². The molecular formula is C19H28N6O2. The van der Waals surface area contributed by atoms with Crippen LogP contribution < -0.4 is 5.32 Å². The molecule has 146 valence electrons. The summed E-state index contributed by atoms with van der Waals surface area (Å²) < 4.78 is 3.48. The van der Waals surface area contributed by atoms with Gasteiger partial charge in [-0.05, 0) is 12.0 Å². The maximum Gasteiger partial charge on any atom is 0.305 e. The molecule has 3 rings (SSSR count). The highest BCUT2D eigenvalue weighted by Gasteiger charge is 2.06. The molecule has 8 nitrogen and oxygen atoms in total. The molecule has 3 heterocycles. The number of nitrogens with zero attached hydrogens (tertiary/aromatic N) is 5. The van der Waals surface area contributed by atoms with E-state index in [1.807, 2.05) is 23.9 Å². The summed E-state index contributed by atoms with van der Waals surface area (Å²) in [6, 6.07) is 1.95. The highest BCUT2D eigenvalue weighted by molar-refractivity contribution is 5.76. The van der Waals surface area contributed by atoms with Crippen molar-refractivity contribution >= 4 is 28.6 Å². The second-order valence-electron chi connectivity index (χ2n) is 6.84. The van der Waals surface area contributed by atoms with Gasteiger partial charge in [0.25, 0.3) is 0 Å². The van der Waals surface area contributed by atoms with Gasteiger partial charge in [-0.3, -0.25) is 9.48 Å². The molecule has 0 fully saturated rings. The van der Waals surface area contributed by atoms with Gasteiger partial charge < -0.3 is 15.0 Å². The molecule has 0 aliphatic heterocycles. The first-order valence-electron chi connectivity index (χ1n) is 9.18. The highest BCUT2D eigenvalue weighted by Crippen LogP contribution is 2.16. The predicted octanol–water partition coefficient (Wildman–Crippen LogP) is 3.83. The molecule has 0 spiro atoms.